The monoisotopic (exact) mass is 683 g/mol. The summed E-state index contributed by atoms with van der Waals surface area (Å²) in [5.74, 6) is 4.37. The fourth-order valence-corrected chi connectivity index (χ4v) is 7.85. The van der Waals surface area contributed by atoms with Crippen LogP contribution in [0.1, 0.15) is 247 Å². The lowest BCUT2D eigenvalue weighted by Gasteiger charge is -2.18. The van der Waals surface area contributed by atoms with Crippen LogP contribution < -0.4 is 0 Å². The Hall–Kier alpha value is -0.780. The molecule has 0 rings (SSSR count). The van der Waals surface area contributed by atoms with Crippen LogP contribution in [0.4, 0.5) is 0 Å². The van der Waals surface area contributed by atoms with Crippen molar-refractivity contribution in [3.63, 3.8) is 0 Å². The van der Waals surface area contributed by atoms with Crippen LogP contribution in [0.15, 0.2) is 37.5 Å². The number of rotatable bonds is 40. The summed E-state index contributed by atoms with van der Waals surface area (Å²) >= 11 is 0. The Morgan fingerprint density at radius 2 is 0.816 bits per heavy atom. The molecule has 0 aliphatic rings. The van der Waals surface area contributed by atoms with Gasteiger partial charge in [-0.2, -0.15) is 0 Å². The summed E-state index contributed by atoms with van der Waals surface area (Å²) in [5, 5.41) is 0. The van der Waals surface area contributed by atoms with Crippen LogP contribution in [-0.4, -0.2) is 0 Å². The summed E-state index contributed by atoms with van der Waals surface area (Å²) in [7, 11) is 0. The smallest absolute Gasteiger partial charge is 0.0322 e. The largest absolute Gasteiger partial charge is 0.103 e. The lowest BCUT2D eigenvalue weighted by Crippen LogP contribution is -2.07. The normalized spacial score (nSPS) is 14.4. The van der Waals surface area contributed by atoms with Crippen molar-refractivity contribution in [3.8, 4) is 0 Å². The molecule has 0 nitrogen and oxygen atoms in total. The number of hydrogen-bond acceptors (Lipinski definition) is 0. The summed E-state index contributed by atoms with van der Waals surface area (Å²) in [6, 6.07) is 0. The van der Waals surface area contributed by atoms with Crippen LogP contribution in [0.5, 0.6) is 0 Å². The van der Waals surface area contributed by atoms with E-state index in [0.717, 1.165) is 29.6 Å². The topological polar surface area (TPSA) is 0 Å². The molecule has 0 aliphatic heterocycles. The maximum Gasteiger partial charge on any atom is -0.0322 e. The summed E-state index contributed by atoms with van der Waals surface area (Å²) in [6.07, 6.45) is 56.0. The molecule has 0 aromatic rings. The Kier molecular flexibility index (Phi) is 37.8. The molecule has 0 aliphatic carbocycles. The molecule has 0 amide bonds. The average molecular weight is 683 g/mol. The summed E-state index contributed by atoms with van der Waals surface area (Å²) in [5.41, 5.74) is 0. The molecular formula is C49H94. The molecule has 0 saturated carbocycles. The van der Waals surface area contributed by atoms with Crippen LogP contribution in [0.25, 0.3) is 0 Å². The summed E-state index contributed by atoms with van der Waals surface area (Å²) in [4.78, 5) is 0. The summed E-state index contributed by atoms with van der Waals surface area (Å²) < 4.78 is 0. The zero-order chi connectivity index (χ0) is 36.0. The molecule has 0 spiro atoms. The highest BCUT2D eigenvalue weighted by Gasteiger charge is 2.11. The molecule has 0 heteroatoms. The van der Waals surface area contributed by atoms with Crippen molar-refractivity contribution in [1.82, 2.24) is 0 Å². The summed E-state index contributed by atoms with van der Waals surface area (Å²) in [6.45, 7) is 19.8. The van der Waals surface area contributed by atoms with Gasteiger partial charge in [0.1, 0.15) is 0 Å². The molecule has 0 bridgehead atoms. The third kappa shape index (κ3) is 35.4. The second kappa shape index (κ2) is 38.5. The van der Waals surface area contributed by atoms with E-state index in [1.807, 2.05) is 0 Å². The van der Waals surface area contributed by atoms with Gasteiger partial charge in [-0.15, -0.1) is 13.2 Å². The molecule has 0 heterocycles. The number of unbranched alkanes of at least 4 members (excludes halogenated alkanes) is 20. The van der Waals surface area contributed by atoms with Crippen molar-refractivity contribution in [2.24, 2.45) is 29.6 Å². The van der Waals surface area contributed by atoms with Crippen molar-refractivity contribution in [2.75, 3.05) is 0 Å². The molecule has 0 saturated heterocycles. The lowest BCUT2D eigenvalue weighted by molar-refractivity contribution is 0.348. The van der Waals surface area contributed by atoms with Crippen molar-refractivity contribution in [1.29, 1.82) is 0 Å². The van der Waals surface area contributed by atoms with E-state index in [9.17, 15) is 0 Å². The first-order chi connectivity index (χ1) is 23.9. The molecular weight excluding hydrogens is 589 g/mol. The molecule has 4 unspecified atom stereocenters. The SMILES string of the molecule is C=CCCCCC(C)CC=CCCC(CCCCCCCCCCCCCC(C)CC)CCCCCCCCCCCC(CC=C)C(C)C. The van der Waals surface area contributed by atoms with Gasteiger partial charge in [-0.3, -0.25) is 0 Å². The maximum atomic E-state index is 3.97. The van der Waals surface area contributed by atoms with E-state index in [4.69, 9.17) is 0 Å². The van der Waals surface area contributed by atoms with E-state index >= 15 is 0 Å². The minimum atomic E-state index is 0.800. The highest BCUT2D eigenvalue weighted by molar-refractivity contribution is 4.84. The van der Waals surface area contributed by atoms with Gasteiger partial charge in [0.25, 0.3) is 0 Å². The molecule has 0 aromatic carbocycles. The highest BCUT2D eigenvalue weighted by Crippen LogP contribution is 2.26. The standard InChI is InChI=1S/C49H94/c1-8-11-12-30-39-47(7)40-32-29-35-43-48(41-33-26-22-18-15-13-14-17-21-25-31-38-46(6)10-3)42-34-27-23-19-16-20-24-28-36-44-49(37-9-2)45(4)5/h8-9,29,32,45-49H,1-2,10-28,30-31,33-44H2,3-7H3. The number of hydrogen-bond donors (Lipinski definition) is 0. The van der Waals surface area contributed by atoms with E-state index in [1.54, 1.807) is 0 Å². The van der Waals surface area contributed by atoms with Crippen molar-refractivity contribution in [2.45, 2.75) is 247 Å². The molecule has 49 heavy (non-hydrogen) atoms. The van der Waals surface area contributed by atoms with Gasteiger partial charge in [0.05, 0.1) is 0 Å². The van der Waals surface area contributed by atoms with E-state index in [-0.39, 0.29) is 0 Å². The van der Waals surface area contributed by atoms with E-state index in [2.05, 4.69) is 72.1 Å². The van der Waals surface area contributed by atoms with Gasteiger partial charge in [-0.1, -0.05) is 226 Å². The first-order valence-electron chi connectivity index (χ1n) is 22.8. The van der Waals surface area contributed by atoms with E-state index < -0.39 is 0 Å². The first kappa shape index (κ1) is 48.2. The van der Waals surface area contributed by atoms with Crippen LogP contribution >= 0.6 is 0 Å². The van der Waals surface area contributed by atoms with Gasteiger partial charge in [0.15, 0.2) is 0 Å². The second-order valence-electron chi connectivity index (χ2n) is 17.1. The minimum absolute atomic E-state index is 0.800. The Balaban J connectivity index is 4.14. The van der Waals surface area contributed by atoms with Gasteiger partial charge in [0, 0.05) is 0 Å². The van der Waals surface area contributed by atoms with Gasteiger partial charge in [-0.05, 0) is 74.5 Å². The van der Waals surface area contributed by atoms with Gasteiger partial charge in [0.2, 0.25) is 0 Å². The van der Waals surface area contributed by atoms with Gasteiger partial charge < -0.3 is 0 Å². The third-order valence-electron chi connectivity index (χ3n) is 11.9. The molecule has 0 radical (unpaired) electrons. The van der Waals surface area contributed by atoms with Gasteiger partial charge in [-0.25, -0.2) is 0 Å². The average Bonchev–Trinajstić information content (AvgIpc) is 3.09. The zero-order valence-corrected chi connectivity index (χ0v) is 34.9. The predicted molar refractivity (Wildman–Crippen MR) is 228 cm³/mol. The third-order valence-corrected chi connectivity index (χ3v) is 11.9. The van der Waals surface area contributed by atoms with Crippen molar-refractivity contribution < 1.29 is 0 Å². The minimum Gasteiger partial charge on any atom is -0.103 e. The van der Waals surface area contributed by atoms with Gasteiger partial charge >= 0.3 is 0 Å². The van der Waals surface area contributed by atoms with Crippen LogP contribution in [0.3, 0.4) is 0 Å². The Bertz CT molecular complexity index is 684. The Morgan fingerprint density at radius 3 is 1.27 bits per heavy atom. The van der Waals surface area contributed by atoms with E-state index in [1.165, 1.54) is 212 Å². The molecule has 4 atom stereocenters. The highest BCUT2D eigenvalue weighted by atomic mass is 14.2. The second-order valence-corrected chi connectivity index (χ2v) is 17.1. The van der Waals surface area contributed by atoms with Crippen molar-refractivity contribution in [3.05, 3.63) is 37.5 Å². The van der Waals surface area contributed by atoms with Crippen molar-refractivity contribution >= 4 is 0 Å². The maximum absolute atomic E-state index is 3.97. The van der Waals surface area contributed by atoms with E-state index in [0.29, 0.717) is 0 Å². The Labute approximate surface area is 312 Å². The fourth-order valence-electron chi connectivity index (χ4n) is 7.85. The molecule has 0 N–H and O–H groups in total. The predicted octanol–water partition coefficient (Wildman–Crippen LogP) is 18.0. The molecule has 290 valence electrons. The first-order valence-corrected chi connectivity index (χ1v) is 22.8. The molecule has 0 aromatic heterocycles. The lowest BCUT2D eigenvalue weighted by atomic mass is 9.87. The van der Waals surface area contributed by atoms with Crippen LogP contribution in [0.2, 0.25) is 0 Å². The molecule has 0 fully saturated rings. The number of allylic oxidation sites excluding steroid dienone is 4. The zero-order valence-electron chi connectivity index (χ0n) is 34.9. The van der Waals surface area contributed by atoms with Crippen LogP contribution in [0, 0.1) is 29.6 Å². The quantitative estimate of drug-likeness (QED) is 0.0446. The fraction of sp³-hybridized carbons (Fsp3) is 0.878. The Morgan fingerprint density at radius 1 is 0.388 bits per heavy atom. The van der Waals surface area contributed by atoms with Crippen LogP contribution in [-0.2, 0) is 0 Å².